The van der Waals surface area contributed by atoms with Gasteiger partial charge in [0.15, 0.2) is 8.32 Å². The molecule has 1 rings (SSSR count). The summed E-state index contributed by atoms with van der Waals surface area (Å²) in [6.07, 6.45) is 4.90. The second-order valence-electron chi connectivity index (χ2n) is 6.88. The van der Waals surface area contributed by atoms with Gasteiger partial charge < -0.3 is 4.43 Å². The van der Waals surface area contributed by atoms with Crippen molar-refractivity contribution in [2.75, 3.05) is 6.61 Å². The molecule has 1 saturated carbocycles. The molecule has 0 spiro atoms. The SMILES string of the molecule is CC(C)(C)[Si](C)(C)OCCC1CCC(=O)CC1. The minimum Gasteiger partial charge on any atom is -0.417 e. The molecule has 2 nitrogen and oxygen atoms in total. The summed E-state index contributed by atoms with van der Waals surface area (Å²) in [5.74, 6) is 1.17. The summed E-state index contributed by atoms with van der Waals surface area (Å²) in [6.45, 7) is 12.3. The fourth-order valence-electron chi connectivity index (χ4n) is 1.99. The zero-order valence-corrected chi connectivity index (χ0v) is 13.1. The molecule has 1 aliphatic carbocycles. The molecule has 100 valence electrons. The van der Waals surface area contributed by atoms with E-state index in [1.165, 1.54) is 0 Å². The molecule has 0 saturated heterocycles. The number of Topliss-reactive ketones (excluding diaryl/α,β-unsaturated/α-hetero) is 1. The average Bonchev–Trinajstić information content (AvgIpc) is 2.19. The number of hydrogen-bond acceptors (Lipinski definition) is 2. The highest BCUT2D eigenvalue weighted by atomic mass is 28.4. The van der Waals surface area contributed by atoms with Gasteiger partial charge in [-0.15, -0.1) is 0 Å². The van der Waals surface area contributed by atoms with Crippen LogP contribution in [0.5, 0.6) is 0 Å². The summed E-state index contributed by atoms with van der Waals surface area (Å²) in [6, 6.07) is 0. The van der Waals surface area contributed by atoms with Crippen molar-refractivity contribution in [2.45, 2.75) is 71.0 Å². The van der Waals surface area contributed by atoms with Crippen LogP contribution in [0.15, 0.2) is 0 Å². The summed E-state index contributed by atoms with van der Waals surface area (Å²) in [7, 11) is -1.57. The highest BCUT2D eigenvalue weighted by Gasteiger charge is 2.37. The lowest BCUT2D eigenvalue weighted by Crippen LogP contribution is -2.41. The summed E-state index contributed by atoms with van der Waals surface area (Å²) in [5.41, 5.74) is 0. The van der Waals surface area contributed by atoms with Gasteiger partial charge in [-0.05, 0) is 43.3 Å². The van der Waals surface area contributed by atoms with E-state index in [0.717, 1.165) is 44.6 Å². The standard InChI is InChI=1S/C14H28O2Si/c1-14(2,3)17(4,5)16-11-10-12-6-8-13(15)9-7-12/h12H,6-11H2,1-5H3. The zero-order valence-electron chi connectivity index (χ0n) is 12.1. The van der Waals surface area contributed by atoms with Crippen LogP contribution in [0.4, 0.5) is 0 Å². The molecule has 3 heteroatoms. The largest absolute Gasteiger partial charge is 0.417 e. The molecule has 0 bridgehead atoms. The molecule has 0 atom stereocenters. The van der Waals surface area contributed by atoms with E-state index in [0.29, 0.717) is 10.8 Å². The van der Waals surface area contributed by atoms with Gasteiger partial charge in [-0.3, -0.25) is 4.79 Å². The van der Waals surface area contributed by atoms with Crippen molar-refractivity contribution in [3.8, 4) is 0 Å². The Kier molecular flexibility index (Phi) is 4.96. The lowest BCUT2D eigenvalue weighted by atomic mass is 9.86. The zero-order chi connectivity index (χ0) is 13.1. The summed E-state index contributed by atoms with van der Waals surface area (Å²) >= 11 is 0. The van der Waals surface area contributed by atoms with Crippen molar-refractivity contribution in [3.05, 3.63) is 0 Å². The van der Waals surface area contributed by atoms with Crippen molar-refractivity contribution in [2.24, 2.45) is 5.92 Å². The lowest BCUT2D eigenvalue weighted by molar-refractivity contribution is -0.121. The first-order valence-corrected chi connectivity index (χ1v) is 9.79. The molecular formula is C14H28O2Si. The second kappa shape index (κ2) is 5.66. The van der Waals surface area contributed by atoms with Gasteiger partial charge in [0.1, 0.15) is 5.78 Å². The van der Waals surface area contributed by atoms with Gasteiger partial charge in [0, 0.05) is 19.4 Å². The van der Waals surface area contributed by atoms with Crippen LogP contribution >= 0.6 is 0 Å². The Balaban J connectivity index is 2.26. The number of carbonyl (C=O) groups is 1. The molecule has 0 amide bonds. The summed E-state index contributed by atoms with van der Waals surface area (Å²) in [5, 5.41) is 0.301. The third kappa shape index (κ3) is 4.55. The van der Waals surface area contributed by atoms with Gasteiger partial charge in [-0.2, -0.15) is 0 Å². The first kappa shape index (κ1) is 14.9. The Morgan fingerprint density at radius 2 is 1.76 bits per heavy atom. The maximum Gasteiger partial charge on any atom is 0.191 e. The molecule has 0 aromatic heterocycles. The monoisotopic (exact) mass is 256 g/mol. The van der Waals surface area contributed by atoms with E-state index in [2.05, 4.69) is 33.9 Å². The second-order valence-corrected chi connectivity index (χ2v) is 11.7. The average molecular weight is 256 g/mol. The van der Waals surface area contributed by atoms with Gasteiger partial charge >= 0.3 is 0 Å². The van der Waals surface area contributed by atoms with Crippen LogP contribution in [-0.2, 0) is 9.22 Å². The van der Waals surface area contributed by atoms with Crippen LogP contribution in [0.2, 0.25) is 18.1 Å². The number of hydrogen-bond donors (Lipinski definition) is 0. The van der Waals surface area contributed by atoms with Gasteiger partial charge in [0.05, 0.1) is 0 Å². The van der Waals surface area contributed by atoms with E-state index in [-0.39, 0.29) is 0 Å². The topological polar surface area (TPSA) is 26.3 Å². The molecule has 0 N–H and O–H groups in total. The number of rotatable bonds is 4. The van der Waals surface area contributed by atoms with E-state index in [4.69, 9.17) is 4.43 Å². The quantitative estimate of drug-likeness (QED) is 0.706. The van der Waals surface area contributed by atoms with Crippen molar-refractivity contribution in [1.29, 1.82) is 0 Å². The number of ketones is 1. The van der Waals surface area contributed by atoms with Crippen LogP contribution in [0.1, 0.15) is 52.9 Å². The number of carbonyl (C=O) groups excluding carboxylic acids is 1. The lowest BCUT2D eigenvalue weighted by Gasteiger charge is -2.36. The Bertz CT molecular complexity index is 256. The van der Waals surface area contributed by atoms with Crippen molar-refractivity contribution >= 4 is 14.1 Å². The predicted molar refractivity (Wildman–Crippen MR) is 74.7 cm³/mol. The summed E-state index contributed by atoms with van der Waals surface area (Å²) < 4.78 is 6.18. The predicted octanol–water partition coefficient (Wildman–Crippen LogP) is 4.16. The van der Waals surface area contributed by atoms with Crippen LogP contribution < -0.4 is 0 Å². The molecule has 0 unspecified atom stereocenters. The maximum absolute atomic E-state index is 11.1. The van der Waals surface area contributed by atoms with Crippen LogP contribution in [0.3, 0.4) is 0 Å². The van der Waals surface area contributed by atoms with Gasteiger partial charge in [0.2, 0.25) is 0 Å². The van der Waals surface area contributed by atoms with Crippen molar-refractivity contribution < 1.29 is 9.22 Å². The van der Waals surface area contributed by atoms with E-state index >= 15 is 0 Å². The maximum atomic E-state index is 11.1. The molecule has 0 aliphatic heterocycles. The molecule has 0 aromatic carbocycles. The van der Waals surface area contributed by atoms with Gasteiger partial charge in [-0.1, -0.05) is 20.8 Å². The normalized spacial score (nSPS) is 19.7. The van der Waals surface area contributed by atoms with Gasteiger partial charge in [0.25, 0.3) is 0 Å². The molecule has 1 fully saturated rings. The minimum atomic E-state index is -1.57. The smallest absolute Gasteiger partial charge is 0.191 e. The van der Waals surface area contributed by atoms with E-state index < -0.39 is 8.32 Å². The van der Waals surface area contributed by atoms with Crippen LogP contribution in [-0.4, -0.2) is 20.7 Å². The molecule has 1 aliphatic rings. The third-order valence-corrected chi connectivity index (χ3v) is 9.00. The highest BCUT2D eigenvalue weighted by molar-refractivity contribution is 6.74. The highest BCUT2D eigenvalue weighted by Crippen LogP contribution is 2.37. The molecule has 17 heavy (non-hydrogen) atoms. The Morgan fingerprint density at radius 3 is 2.24 bits per heavy atom. The first-order chi connectivity index (χ1) is 7.72. The van der Waals surface area contributed by atoms with Crippen molar-refractivity contribution in [1.82, 2.24) is 0 Å². The first-order valence-electron chi connectivity index (χ1n) is 6.88. The molecule has 0 radical (unpaired) electrons. The Morgan fingerprint density at radius 1 is 1.24 bits per heavy atom. The van der Waals surface area contributed by atoms with Crippen LogP contribution in [0, 0.1) is 5.92 Å². The van der Waals surface area contributed by atoms with E-state index in [1.807, 2.05) is 0 Å². The molecule has 0 heterocycles. The van der Waals surface area contributed by atoms with Crippen LogP contribution in [0.25, 0.3) is 0 Å². The molecule has 0 aromatic rings. The fraction of sp³-hybridized carbons (Fsp3) is 0.929. The third-order valence-electron chi connectivity index (χ3n) is 4.46. The van der Waals surface area contributed by atoms with E-state index in [1.54, 1.807) is 0 Å². The Hall–Kier alpha value is -0.153. The molecular weight excluding hydrogens is 228 g/mol. The van der Waals surface area contributed by atoms with Gasteiger partial charge in [-0.25, -0.2) is 0 Å². The minimum absolute atomic E-state index is 0.301. The van der Waals surface area contributed by atoms with E-state index in [9.17, 15) is 4.79 Å². The Labute approximate surface area is 107 Å². The summed E-state index contributed by atoms with van der Waals surface area (Å²) in [4.78, 5) is 11.1. The fourth-order valence-corrected chi connectivity index (χ4v) is 3.05. The van der Waals surface area contributed by atoms with Crippen molar-refractivity contribution in [3.63, 3.8) is 0 Å².